The van der Waals surface area contributed by atoms with Crippen LogP contribution < -0.4 is 20.1 Å². The number of halogens is 4. The molecule has 33 heavy (non-hydrogen) atoms. The lowest BCUT2D eigenvalue weighted by molar-refractivity contribution is -0.124. The summed E-state index contributed by atoms with van der Waals surface area (Å²) in [4.78, 5) is 24.1. The van der Waals surface area contributed by atoms with Gasteiger partial charge in [0.1, 0.15) is 23.1 Å². The number of amides is 2. The number of carbonyl (C=O) groups excluding carboxylic acids is 2. The third kappa shape index (κ3) is 8.05. The first-order valence-electron chi connectivity index (χ1n) is 10.5. The van der Waals surface area contributed by atoms with Gasteiger partial charge in [-0.05, 0) is 55.9 Å². The van der Waals surface area contributed by atoms with Crippen LogP contribution in [0.1, 0.15) is 28.5 Å². The van der Waals surface area contributed by atoms with Crippen LogP contribution in [0.4, 0.5) is 8.78 Å². The van der Waals surface area contributed by atoms with Crippen molar-refractivity contribution in [2.75, 3.05) is 19.8 Å². The molecule has 2 aromatic carbocycles. The highest BCUT2D eigenvalue weighted by molar-refractivity contribution is 6.31. The van der Waals surface area contributed by atoms with Crippen LogP contribution in [0.5, 0.6) is 11.5 Å². The van der Waals surface area contributed by atoms with Gasteiger partial charge in [-0.15, -0.1) is 0 Å². The first kappa shape index (κ1) is 25.1. The van der Waals surface area contributed by atoms with E-state index in [4.69, 9.17) is 32.7 Å². The number of ether oxygens (including phenoxy) is 2. The Morgan fingerprint density at radius 3 is 1.91 bits per heavy atom. The van der Waals surface area contributed by atoms with Crippen molar-refractivity contribution in [3.05, 3.63) is 58.1 Å². The molecule has 182 valence electrons. The lowest BCUT2D eigenvalue weighted by atomic mass is 9.86. The highest BCUT2D eigenvalue weighted by atomic mass is 35.5. The van der Waals surface area contributed by atoms with Gasteiger partial charge in [-0.3, -0.25) is 9.59 Å². The molecule has 0 atom stereocenters. The third-order valence-electron chi connectivity index (χ3n) is 5.32. The smallest absolute Gasteiger partial charge is 0.258 e. The van der Waals surface area contributed by atoms with E-state index in [-0.39, 0.29) is 55.5 Å². The van der Waals surface area contributed by atoms with Crippen LogP contribution in [0.15, 0.2) is 36.4 Å². The van der Waals surface area contributed by atoms with Crippen molar-refractivity contribution < 1.29 is 30.7 Å². The standard InChI is InChI=1S/C23H24Cl2F2N2O4.2H2/c24-18-7-5-16(9-20(18)26)32-12-22(30)28-11-14-1-3-15(4-2-14)29-23(31)13-33-17-6-8-19(25)21(27)10-17;;/h5-10,14-15H,1-4,11-13H2,(H,28,30)(H,29,31);2*1H. The summed E-state index contributed by atoms with van der Waals surface area (Å²) in [7, 11) is 0. The summed E-state index contributed by atoms with van der Waals surface area (Å²) in [5, 5.41) is 5.72. The molecule has 0 bridgehead atoms. The van der Waals surface area contributed by atoms with Gasteiger partial charge in [0, 0.05) is 27.6 Å². The lowest BCUT2D eigenvalue weighted by Crippen LogP contribution is -2.42. The van der Waals surface area contributed by atoms with Crippen molar-refractivity contribution in [1.29, 1.82) is 0 Å². The molecule has 0 unspecified atom stereocenters. The maximum Gasteiger partial charge on any atom is 0.258 e. The molecule has 1 saturated carbocycles. The minimum Gasteiger partial charge on any atom is -0.484 e. The maximum atomic E-state index is 13.4. The molecule has 0 aromatic heterocycles. The van der Waals surface area contributed by atoms with Crippen LogP contribution >= 0.6 is 23.2 Å². The second-order valence-electron chi connectivity index (χ2n) is 7.82. The zero-order chi connectivity index (χ0) is 23.8. The summed E-state index contributed by atoms with van der Waals surface area (Å²) >= 11 is 11.2. The van der Waals surface area contributed by atoms with Crippen LogP contribution in [0, 0.1) is 17.6 Å². The normalized spacial score (nSPS) is 17.8. The van der Waals surface area contributed by atoms with E-state index in [0.717, 1.165) is 37.8 Å². The second kappa shape index (κ2) is 12.0. The highest BCUT2D eigenvalue weighted by Crippen LogP contribution is 2.24. The third-order valence-corrected chi connectivity index (χ3v) is 5.93. The van der Waals surface area contributed by atoms with Gasteiger partial charge in [0.25, 0.3) is 11.8 Å². The van der Waals surface area contributed by atoms with Gasteiger partial charge < -0.3 is 20.1 Å². The molecule has 2 amide bonds. The van der Waals surface area contributed by atoms with Crippen LogP contribution in [-0.2, 0) is 9.59 Å². The zero-order valence-electron chi connectivity index (χ0n) is 17.7. The van der Waals surface area contributed by atoms with Crippen LogP contribution in [0.3, 0.4) is 0 Å². The molecular weight excluding hydrogens is 477 g/mol. The zero-order valence-corrected chi connectivity index (χ0v) is 19.2. The van der Waals surface area contributed by atoms with Gasteiger partial charge in [0.05, 0.1) is 10.0 Å². The molecule has 1 fully saturated rings. The number of benzene rings is 2. The Morgan fingerprint density at radius 2 is 1.39 bits per heavy atom. The fraction of sp³-hybridized carbons (Fsp3) is 0.391. The molecule has 0 radical (unpaired) electrons. The Balaban J connectivity index is 0.00000306. The van der Waals surface area contributed by atoms with E-state index in [1.54, 1.807) is 0 Å². The fourth-order valence-corrected chi connectivity index (χ4v) is 3.76. The number of carbonyl (C=O) groups is 2. The quantitative estimate of drug-likeness (QED) is 0.502. The van der Waals surface area contributed by atoms with Gasteiger partial charge in [-0.2, -0.15) is 0 Å². The Morgan fingerprint density at radius 1 is 0.879 bits per heavy atom. The van der Waals surface area contributed by atoms with E-state index in [2.05, 4.69) is 10.6 Å². The Bertz CT molecular complexity index is 996. The number of rotatable bonds is 9. The van der Waals surface area contributed by atoms with Gasteiger partial charge in [-0.1, -0.05) is 23.2 Å². The predicted octanol–water partition coefficient (Wildman–Crippen LogP) is 5.01. The fourth-order valence-electron chi connectivity index (χ4n) is 3.52. The molecule has 0 saturated heterocycles. The van der Waals surface area contributed by atoms with E-state index in [1.807, 2.05) is 0 Å². The second-order valence-corrected chi connectivity index (χ2v) is 8.63. The monoisotopic (exact) mass is 504 g/mol. The molecule has 2 aromatic rings. The van der Waals surface area contributed by atoms with Crippen molar-refractivity contribution in [2.24, 2.45) is 5.92 Å². The number of hydrogen-bond donors (Lipinski definition) is 2. The molecule has 0 spiro atoms. The summed E-state index contributed by atoms with van der Waals surface area (Å²) in [5.74, 6) is -1.03. The minimum absolute atomic E-state index is 0. The van der Waals surface area contributed by atoms with Crippen LogP contribution in [0.2, 0.25) is 10.0 Å². The molecule has 3 rings (SSSR count). The van der Waals surface area contributed by atoms with E-state index in [1.165, 1.54) is 24.3 Å². The van der Waals surface area contributed by atoms with Crippen LogP contribution in [-0.4, -0.2) is 37.6 Å². The minimum atomic E-state index is -0.608. The van der Waals surface area contributed by atoms with Crippen LogP contribution in [0.25, 0.3) is 0 Å². The first-order chi connectivity index (χ1) is 15.8. The largest absolute Gasteiger partial charge is 0.484 e. The molecule has 0 heterocycles. The van der Waals surface area contributed by atoms with Gasteiger partial charge in [0.15, 0.2) is 13.2 Å². The topological polar surface area (TPSA) is 76.7 Å². The molecule has 1 aliphatic rings. The van der Waals surface area contributed by atoms with Gasteiger partial charge in [-0.25, -0.2) is 8.78 Å². The van der Waals surface area contributed by atoms with E-state index >= 15 is 0 Å². The molecule has 2 N–H and O–H groups in total. The molecule has 0 aliphatic heterocycles. The average molecular weight is 505 g/mol. The van der Waals surface area contributed by atoms with E-state index in [9.17, 15) is 18.4 Å². The van der Waals surface area contributed by atoms with E-state index in [0.29, 0.717) is 12.5 Å². The molecule has 1 aliphatic carbocycles. The van der Waals surface area contributed by atoms with Crippen molar-refractivity contribution in [1.82, 2.24) is 10.6 Å². The highest BCUT2D eigenvalue weighted by Gasteiger charge is 2.23. The first-order valence-corrected chi connectivity index (χ1v) is 11.3. The average Bonchev–Trinajstić information content (AvgIpc) is 2.80. The van der Waals surface area contributed by atoms with Gasteiger partial charge in [0.2, 0.25) is 0 Å². The SMILES string of the molecule is O=C(COc1ccc(Cl)c(F)c1)NCC1CCC(NC(=O)COc2ccc(Cl)c(F)c2)CC1.[HH].[HH]. The molecular formula is C23H28Cl2F2N2O4. The number of hydrogen-bond acceptors (Lipinski definition) is 4. The maximum absolute atomic E-state index is 13.4. The Hall–Kier alpha value is -2.58. The van der Waals surface area contributed by atoms with Crippen molar-refractivity contribution in [3.63, 3.8) is 0 Å². The Kier molecular flexibility index (Phi) is 9.14. The predicted molar refractivity (Wildman–Crippen MR) is 125 cm³/mol. The summed E-state index contributed by atoms with van der Waals surface area (Å²) in [6, 6.07) is 8.01. The lowest BCUT2D eigenvalue weighted by Gasteiger charge is -2.29. The van der Waals surface area contributed by atoms with E-state index < -0.39 is 11.6 Å². The summed E-state index contributed by atoms with van der Waals surface area (Å²) < 4.78 is 37.4. The number of nitrogens with one attached hydrogen (secondary N) is 2. The summed E-state index contributed by atoms with van der Waals surface area (Å²) in [6.45, 7) is 0.0711. The van der Waals surface area contributed by atoms with Crippen molar-refractivity contribution in [3.8, 4) is 11.5 Å². The Labute approximate surface area is 203 Å². The summed E-state index contributed by atoms with van der Waals surface area (Å²) in [5.41, 5.74) is 0. The van der Waals surface area contributed by atoms with Crippen molar-refractivity contribution >= 4 is 35.0 Å². The molecule has 10 heteroatoms. The molecule has 6 nitrogen and oxygen atoms in total. The summed E-state index contributed by atoms with van der Waals surface area (Å²) in [6.07, 6.45) is 3.25. The van der Waals surface area contributed by atoms with Gasteiger partial charge >= 0.3 is 0 Å². The van der Waals surface area contributed by atoms with Crippen molar-refractivity contribution in [2.45, 2.75) is 31.7 Å².